The molecule has 0 saturated carbocycles. The van der Waals surface area contributed by atoms with Gasteiger partial charge in [0.15, 0.2) is 5.16 Å². The quantitative estimate of drug-likeness (QED) is 0.557. The Kier molecular flexibility index (Phi) is 4.82. The van der Waals surface area contributed by atoms with Gasteiger partial charge in [-0.05, 0) is 31.2 Å². The number of nitrogens with zero attached hydrogens (tertiary/aromatic N) is 2. The minimum absolute atomic E-state index is 0.240. The van der Waals surface area contributed by atoms with E-state index in [1.165, 1.54) is 0 Å². The number of para-hydroxylation sites is 2. The number of rotatable bonds is 4. The second-order valence-corrected chi connectivity index (χ2v) is 6.62. The lowest BCUT2D eigenvalue weighted by atomic mass is 10.2. The number of nitrogens with one attached hydrogen (secondary N) is 2. The van der Waals surface area contributed by atoms with Crippen LogP contribution in [0.3, 0.4) is 0 Å². The first-order chi connectivity index (χ1) is 12.1. The Morgan fingerprint density at radius 3 is 2.76 bits per heavy atom. The van der Waals surface area contributed by atoms with Crippen molar-refractivity contribution in [2.24, 2.45) is 0 Å². The molecule has 124 valence electrons. The molecule has 0 fully saturated rings. The average molecular weight is 350 g/mol. The Hall–Kier alpha value is -3.11. The number of amides is 1. The van der Waals surface area contributed by atoms with Crippen LogP contribution in [-0.2, 0) is 4.79 Å². The van der Waals surface area contributed by atoms with Crippen molar-refractivity contribution in [1.29, 1.82) is 5.26 Å². The zero-order valence-electron chi connectivity index (χ0n) is 13.3. The molecule has 0 aliphatic rings. The van der Waals surface area contributed by atoms with Crippen molar-refractivity contribution in [2.45, 2.75) is 17.3 Å². The highest BCUT2D eigenvalue weighted by Gasteiger charge is 2.17. The molecule has 0 unspecified atom stereocenters. The van der Waals surface area contributed by atoms with Gasteiger partial charge in [-0.1, -0.05) is 36.0 Å². The third-order valence-electron chi connectivity index (χ3n) is 3.55. The molecule has 0 bridgehead atoms. The van der Waals surface area contributed by atoms with Crippen molar-refractivity contribution in [3.63, 3.8) is 0 Å². The summed E-state index contributed by atoms with van der Waals surface area (Å²) in [5.41, 5.74) is 1.19. The van der Waals surface area contributed by atoms with Crippen molar-refractivity contribution in [3.05, 3.63) is 64.4 Å². The number of hydrogen-bond acceptors (Lipinski definition) is 5. The van der Waals surface area contributed by atoms with Crippen LogP contribution < -0.4 is 10.9 Å². The van der Waals surface area contributed by atoms with Gasteiger partial charge < -0.3 is 10.3 Å². The first kappa shape index (κ1) is 16.7. The lowest BCUT2D eigenvalue weighted by Crippen LogP contribution is -2.23. The fourth-order valence-corrected chi connectivity index (χ4v) is 3.07. The first-order valence-corrected chi connectivity index (χ1v) is 8.42. The van der Waals surface area contributed by atoms with Crippen LogP contribution in [0.15, 0.2) is 58.5 Å². The molecule has 3 aromatic rings. The van der Waals surface area contributed by atoms with Crippen molar-refractivity contribution in [3.8, 4) is 6.07 Å². The minimum atomic E-state index is -0.504. The monoisotopic (exact) mass is 350 g/mol. The number of carbonyl (C=O) groups excluding carboxylic acids is 1. The summed E-state index contributed by atoms with van der Waals surface area (Å²) in [5.74, 6) is -0.275. The van der Waals surface area contributed by atoms with E-state index in [4.69, 9.17) is 5.26 Å². The van der Waals surface area contributed by atoms with E-state index in [9.17, 15) is 9.59 Å². The second-order valence-electron chi connectivity index (χ2n) is 5.29. The Bertz CT molecular complexity index is 1040. The summed E-state index contributed by atoms with van der Waals surface area (Å²) in [6.45, 7) is 1.71. The molecule has 3 rings (SSSR count). The number of carbonyl (C=O) groups is 1. The summed E-state index contributed by atoms with van der Waals surface area (Å²) in [5, 5.41) is 12.2. The second kappa shape index (κ2) is 7.20. The fourth-order valence-electron chi connectivity index (χ4n) is 2.27. The fraction of sp³-hybridized carbons (Fsp3) is 0.111. The third-order valence-corrected chi connectivity index (χ3v) is 4.54. The highest BCUT2D eigenvalue weighted by Crippen LogP contribution is 2.22. The van der Waals surface area contributed by atoms with Crippen molar-refractivity contribution < 1.29 is 4.79 Å². The Balaban J connectivity index is 1.78. The number of benzene rings is 2. The van der Waals surface area contributed by atoms with Gasteiger partial charge in [-0.15, -0.1) is 0 Å². The number of hydrogen-bond donors (Lipinski definition) is 2. The molecule has 0 saturated heterocycles. The van der Waals surface area contributed by atoms with Crippen molar-refractivity contribution in [2.75, 3.05) is 5.32 Å². The maximum atomic E-state index is 12.4. The molecule has 0 radical (unpaired) electrons. The van der Waals surface area contributed by atoms with Crippen LogP contribution in [-0.4, -0.2) is 21.1 Å². The maximum Gasteiger partial charge on any atom is 0.259 e. The SMILES string of the molecule is C[C@H](Sc1nc2ccccc2c(=O)[nH]1)C(=O)Nc1ccccc1C#N. The lowest BCUT2D eigenvalue weighted by Gasteiger charge is -2.12. The predicted octanol–water partition coefficient (Wildman–Crippen LogP) is 2.91. The van der Waals surface area contributed by atoms with E-state index >= 15 is 0 Å². The van der Waals surface area contributed by atoms with Crippen LogP contribution >= 0.6 is 11.8 Å². The van der Waals surface area contributed by atoms with Crippen molar-refractivity contribution in [1.82, 2.24) is 9.97 Å². The summed E-state index contributed by atoms with van der Waals surface area (Å²) in [6, 6.07) is 15.8. The highest BCUT2D eigenvalue weighted by molar-refractivity contribution is 8.00. The van der Waals surface area contributed by atoms with Gasteiger partial charge in [0.2, 0.25) is 5.91 Å². The summed E-state index contributed by atoms with van der Waals surface area (Å²) in [6.07, 6.45) is 0. The van der Waals surface area contributed by atoms with Gasteiger partial charge in [0.05, 0.1) is 27.4 Å². The Morgan fingerprint density at radius 2 is 1.96 bits per heavy atom. The smallest absolute Gasteiger partial charge is 0.259 e. The summed E-state index contributed by atoms with van der Waals surface area (Å²) >= 11 is 1.15. The molecule has 1 atom stereocenters. The first-order valence-electron chi connectivity index (χ1n) is 7.54. The van der Waals surface area contributed by atoms with Crippen molar-refractivity contribution >= 4 is 34.3 Å². The van der Waals surface area contributed by atoms with Crippen LogP contribution in [0.4, 0.5) is 5.69 Å². The zero-order chi connectivity index (χ0) is 17.8. The number of aromatic nitrogens is 2. The van der Waals surface area contributed by atoms with Crippen LogP contribution in [0, 0.1) is 11.3 Å². The van der Waals surface area contributed by atoms with Gasteiger partial charge in [-0.3, -0.25) is 9.59 Å². The van der Waals surface area contributed by atoms with Crippen LogP contribution in [0.5, 0.6) is 0 Å². The predicted molar refractivity (Wildman–Crippen MR) is 97.5 cm³/mol. The Morgan fingerprint density at radius 1 is 1.24 bits per heavy atom. The summed E-state index contributed by atoms with van der Waals surface area (Å²) < 4.78 is 0. The van der Waals surface area contributed by atoms with E-state index in [1.54, 1.807) is 55.5 Å². The number of fused-ring (bicyclic) bond motifs is 1. The van der Waals surface area contributed by atoms with Crippen LogP contribution in [0.2, 0.25) is 0 Å². The molecule has 2 N–H and O–H groups in total. The molecule has 25 heavy (non-hydrogen) atoms. The van der Waals surface area contributed by atoms with Crippen LogP contribution in [0.1, 0.15) is 12.5 Å². The van der Waals surface area contributed by atoms with E-state index in [0.717, 1.165) is 11.8 Å². The molecule has 1 amide bonds. The minimum Gasteiger partial charge on any atom is -0.324 e. The third kappa shape index (κ3) is 3.70. The van der Waals surface area contributed by atoms with Gasteiger partial charge in [0, 0.05) is 0 Å². The largest absolute Gasteiger partial charge is 0.324 e. The number of nitriles is 1. The molecular formula is C18H14N4O2S. The van der Waals surface area contributed by atoms with Gasteiger partial charge in [-0.25, -0.2) is 4.98 Å². The van der Waals surface area contributed by atoms with E-state index in [1.807, 2.05) is 6.07 Å². The molecule has 2 aromatic carbocycles. The summed E-state index contributed by atoms with van der Waals surface area (Å²) in [7, 11) is 0. The van der Waals surface area contributed by atoms with Gasteiger partial charge >= 0.3 is 0 Å². The molecule has 0 aliphatic heterocycles. The number of H-pyrrole nitrogens is 1. The average Bonchev–Trinajstić information content (AvgIpc) is 2.62. The topological polar surface area (TPSA) is 98.6 Å². The van der Waals surface area contributed by atoms with Gasteiger partial charge in [0.1, 0.15) is 6.07 Å². The number of aromatic amines is 1. The van der Waals surface area contributed by atoms with E-state index in [2.05, 4.69) is 15.3 Å². The molecule has 6 nitrogen and oxygen atoms in total. The molecule has 1 heterocycles. The van der Waals surface area contributed by atoms with Gasteiger partial charge in [-0.2, -0.15) is 5.26 Å². The van der Waals surface area contributed by atoms with E-state index < -0.39 is 5.25 Å². The van der Waals surface area contributed by atoms with E-state index in [0.29, 0.717) is 27.3 Å². The normalized spacial score (nSPS) is 11.7. The molecule has 0 spiro atoms. The van der Waals surface area contributed by atoms with Crippen LogP contribution in [0.25, 0.3) is 10.9 Å². The standard InChI is InChI=1S/C18H14N4O2S/c1-11(16(23)20-14-8-4-2-6-12(14)10-19)25-18-21-15-9-5-3-7-13(15)17(24)22-18/h2-9,11H,1H3,(H,20,23)(H,21,22,24)/t11-/m0/s1. The molecule has 7 heteroatoms. The molecule has 1 aromatic heterocycles. The molecule has 0 aliphatic carbocycles. The number of anilines is 1. The highest BCUT2D eigenvalue weighted by atomic mass is 32.2. The number of thioether (sulfide) groups is 1. The maximum absolute atomic E-state index is 12.4. The Labute approximate surface area is 147 Å². The van der Waals surface area contributed by atoms with Gasteiger partial charge in [0.25, 0.3) is 5.56 Å². The van der Waals surface area contributed by atoms with E-state index in [-0.39, 0.29) is 11.5 Å². The summed E-state index contributed by atoms with van der Waals surface area (Å²) in [4.78, 5) is 31.5. The zero-order valence-corrected chi connectivity index (χ0v) is 14.1. The lowest BCUT2D eigenvalue weighted by molar-refractivity contribution is -0.115. The molecular weight excluding hydrogens is 336 g/mol.